The van der Waals surface area contributed by atoms with Crippen LogP contribution in [-0.2, 0) is 20.9 Å². The number of nitrogens with one attached hydrogen (secondary N) is 3. The molecule has 4 amide bonds. The Hall–Kier alpha value is -5.69. The number of carbonyl (C=O) groups is 4. The van der Waals surface area contributed by atoms with Gasteiger partial charge in [0.25, 0.3) is 17.7 Å². The summed E-state index contributed by atoms with van der Waals surface area (Å²) in [5.41, 5.74) is 0.215. The first-order chi connectivity index (χ1) is 24.5. The summed E-state index contributed by atoms with van der Waals surface area (Å²) in [5.74, 6) is -2.40. The van der Waals surface area contributed by atoms with Crippen LogP contribution in [0.4, 0.5) is 8.78 Å². The normalized spacial score (nSPS) is 15.1. The van der Waals surface area contributed by atoms with E-state index in [0.717, 1.165) is 28.7 Å². The lowest BCUT2D eigenvalue weighted by Crippen LogP contribution is -2.50. The highest BCUT2D eigenvalue weighted by molar-refractivity contribution is 6.12. The maximum absolute atomic E-state index is 15.1. The number of rotatable bonds is 14. The predicted molar refractivity (Wildman–Crippen MR) is 184 cm³/mol. The Kier molecular flexibility index (Phi) is 10.4. The second-order valence-electron chi connectivity index (χ2n) is 13.2. The second-order valence-corrected chi connectivity index (χ2v) is 13.2. The number of hydrogen-bond acceptors (Lipinski definition) is 7. The Labute approximate surface area is 293 Å². The fourth-order valence-electron chi connectivity index (χ4n) is 6.03. The smallest absolute Gasteiger partial charge is 0.255 e. The first-order valence-corrected chi connectivity index (χ1v) is 16.6. The van der Waals surface area contributed by atoms with Gasteiger partial charge >= 0.3 is 0 Å². The van der Waals surface area contributed by atoms with Gasteiger partial charge in [0.1, 0.15) is 29.3 Å². The fourth-order valence-corrected chi connectivity index (χ4v) is 6.03. The number of imide groups is 1. The van der Waals surface area contributed by atoms with Gasteiger partial charge in [-0.05, 0) is 35.9 Å². The molecule has 0 bridgehead atoms. The van der Waals surface area contributed by atoms with Crippen LogP contribution < -0.4 is 20.7 Å². The standard InChI is InChI=1S/C38H38F2N6O5/c1-38(2,19-32(47)42-16-17-46-33(48)14-15-34(46)49)35(44-37(50)27-10-6-7-11-31(27)51-26-20-41-21-26)36-43-30(28-18-25(39)12-13-29(28)40)23-45(36)22-24-8-4-3-5-9-24/h3-15,18,23,26,35,41H,16-17,19-22H2,1-2H3,(H,42,47)(H,44,50). The third-order valence-corrected chi connectivity index (χ3v) is 8.87. The van der Waals surface area contributed by atoms with Crippen LogP contribution in [0.15, 0.2) is 91.1 Å². The molecule has 3 aromatic carbocycles. The number of nitrogens with zero attached hydrogens (tertiary/aromatic N) is 3. The third kappa shape index (κ3) is 8.21. The molecule has 3 heterocycles. The van der Waals surface area contributed by atoms with E-state index in [9.17, 15) is 23.6 Å². The van der Waals surface area contributed by atoms with Gasteiger partial charge in [-0.15, -0.1) is 0 Å². The lowest BCUT2D eigenvalue weighted by molar-refractivity contribution is -0.137. The van der Waals surface area contributed by atoms with Crippen LogP contribution >= 0.6 is 0 Å². The van der Waals surface area contributed by atoms with Gasteiger partial charge in [-0.3, -0.25) is 24.1 Å². The average Bonchev–Trinajstić information content (AvgIpc) is 3.64. The lowest BCUT2D eigenvalue weighted by Gasteiger charge is -2.35. The third-order valence-electron chi connectivity index (χ3n) is 8.87. The highest BCUT2D eigenvalue weighted by atomic mass is 19.1. The van der Waals surface area contributed by atoms with Crippen molar-refractivity contribution in [2.75, 3.05) is 26.2 Å². The molecule has 0 aliphatic carbocycles. The SMILES string of the molecule is CC(C)(CC(=O)NCCN1C(=O)C=CC1=O)C(NC(=O)c1ccccc1OC1CNC1)c1nc(-c2cc(F)ccc2F)cn1Cc1ccccc1. The van der Waals surface area contributed by atoms with Crippen LogP contribution in [0, 0.1) is 17.0 Å². The maximum Gasteiger partial charge on any atom is 0.255 e. The Bertz CT molecular complexity index is 1960. The van der Waals surface area contributed by atoms with Crippen molar-refractivity contribution in [2.45, 2.75) is 39.0 Å². The van der Waals surface area contributed by atoms with Gasteiger partial charge in [0.05, 0.1) is 17.3 Å². The lowest BCUT2D eigenvalue weighted by atomic mass is 9.80. The summed E-state index contributed by atoms with van der Waals surface area (Å²) in [4.78, 5) is 57.3. The summed E-state index contributed by atoms with van der Waals surface area (Å²) < 4.78 is 37.3. The van der Waals surface area contributed by atoms with Crippen LogP contribution in [0.3, 0.4) is 0 Å². The molecule has 11 nitrogen and oxygen atoms in total. The number of aromatic nitrogens is 2. The van der Waals surface area contributed by atoms with Gasteiger partial charge in [0, 0.05) is 68.5 Å². The van der Waals surface area contributed by atoms with Crippen molar-refractivity contribution in [1.29, 1.82) is 0 Å². The van der Waals surface area contributed by atoms with Crippen molar-refractivity contribution in [3.63, 3.8) is 0 Å². The van der Waals surface area contributed by atoms with E-state index in [2.05, 4.69) is 16.0 Å². The van der Waals surface area contributed by atoms with E-state index in [4.69, 9.17) is 9.72 Å². The minimum absolute atomic E-state index is 0.00562. The van der Waals surface area contributed by atoms with Crippen LogP contribution in [-0.4, -0.2) is 70.4 Å². The quantitative estimate of drug-likeness (QED) is 0.169. The molecule has 0 radical (unpaired) electrons. The van der Waals surface area contributed by atoms with Crippen molar-refractivity contribution in [2.24, 2.45) is 5.41 Å². The molecular weight excluding hydrogens is 658 g/mol. The number of amides is 4. The Morgan fingerprint density at radius 3 is 2.41 bits per heavy atom. The minimum atomic E-state index is -1.04. The summed E-state index contributed by atoms with van der Waals surface area (Å²) in [6.45, 7) is 5.17. The minimum Gasteiger partial charge on any atom is -0.487 e. The molecular formula is C38H38F2N6O5. The molecule has 1 atom stereocenters. The first kappa shape index (κ1) is 35.1. The monoisotopic (exact) mass is 696 g/mol. The molecule has 0 spiro atoms. The van der Waals surface area contributed by atoms with Crippen molar-refractivity contribution in [3.05, 3.63) is 120 Å². The number of para-hydroxylation sites is 1. The van der Waals surface area contributed by atoms with Crippen LogP contribution in [0.5, 0.6) is 5.75 Å². The zero-order valence-corrected chi connectivity index (χ0v) is 28.2. The largest absolute Gasteiger partial charge is 0.487 e. The number of halogens is 2. The molecule has 0 saturated carbocycles. The van der Waals surface area contributed by atoms with Gasteiger partial charge in [-0.1, -0.05) is 56.3 Å². The molecule has 1 saturated heterocycles. The molecule has 1 fully saturated rings. The molecule has 51 heavy (non-hydrogen) atoms. The Morgan fingerprint density at radius 1 is 1.00 bits per heavy atom. The number of benzene rings is 3. The van der Waals surface area contributed by atoms with Crippen molar-refractivity contribution < 1.29 is 32.7 Å². The van der Waals surface area contributed by atoms with Gasteiger partial charge in [0.2, 0.25) is 5.91 Å². The molecule has 264 valence electrons. The molecule has 6 rings (SSSR count). The van der Waals surface area contributed by atoms with E-state index >= 15 is 4.39 Å². The van der Waals surface area contributed by atoms with E-state index in [0.29, 0.717) is 24.7 Å². The van der Waals surface area contributed by atoms with Gasteiger partial charge < -0.3 is 25.3 Å². The summed E-state index contributed by atoms with van der Waals surface area (Å²) in [5, 5.41) is 9.02. The molecule has 4 aromatic rings. The van der Waals surface area contributed by atoms with Gasteiger partial charge in [0.15, 0.2) is 0 Å². The van der Waals surface area contributed by atoms with Crippen LogP contribution in [0.25, 0.3) is 11.3 Å². The zero-order chi connectivity index (χ0) is 36.1. The van der Waals surface area contributed by atoms with Crippen molar-refractivity contribution in [1.82, 2.24) is 30.4 Å². The summed E-state index contributed by atoms with van der Waals surface area (Å²) in [6.07, 6.45) is 3.74. The predicted octanol–water partition coefficient (Wildman–Crippen LogP) is 4.16. The van der Waals surface area contributed by atoms with E-state index in [1.165, 1.54) is 12.2 Å². The number of carbonyl (C=O) groups excluding carboxylic acids is 4. The van der Waals surface area contributed by atoms with E-state index in [-0.39, 0.29) is 49.0 Å². The molecule has 1 aromatic heterocycles. The number of ether oxygens (including phenoxy) is 1. The number of hydrogen-bond donors (Lipinski definition) is 3. The molecule has 3 N–H and O–H groups in total. The average molecular weight is 697 g/mol. The summed E-state index contributed by atoms with van der Waals surface area (Å²) in [7, 11) is 0. The highest BCUT2D eigenvalue weighted by Gasteiger charge is 2.39. The van der Waals surface area contributed by atoms with Crippen molar-refractivity contribution >= 4 is 23.6 Å². The molecule has 2 aliphatic heterocycles. The van der Waals surface area contributed by atoms with E-state index in [1.54, 1.807) is 48.9 Å². The summed E-state index contributed by atoms with van der Waals surface area (Å²) in [6, 6.07) is 18.5. The molecule has 2 aliphatic rings. The van der Waals surface area contributed by atoms with Crippen LogP contribution in [0.1, 0.15) is 48.1 Å². The Balaban J connectivity index is 1.35. The maximum atomic E-state index is 15.1. The van der Waals surface area contributed by atoms with Gasteiger partial charge in [-0.25, -0.2) is 13.8 Å². The van der Waals surface area contributed by atoms with Crippen LogP contribution in [0.2, 0.25) is 0 Å². The zero-order valence-electron chi connectivity index (χ0n) is 28.2. The first-order valence-electron chi connectivity index (χ1n) is 16.6. The number of imidazole rings is 1. The second kappa shape index (κ2) is 15.1. The van der Waals surface area contributed by atoms with Crippen molar-refractivity contribution in [3.8, 4) is 17.0 Å². The van der Waals surface area contributed by atoms with E-state index < -0.39 is 46.7 Å². The van der Waals surface area contributed by atoms with Gasteiger partial charge in [-0.2, -0.15) is 0 Å². The topological polar surface area (TPSA) is 135 Å². The highest BCUT2D eigenvalue weighted by Crippen LogP contribution is 2.38. The summed E-state index contributed by atoms with van der Waals surface area (Å²) >= 11 is 0. The molecule has 1 unspecified atom stereocenters. The van der Waals surface area contributed by atoms with E-state index in [1.807, 2.05) is 30.3 Å². The molecule has 13 heteroatoms. The fraction of sp³-hybridized carbons (Fsp3) is 0.289. The Morgan fingerprint density at radius 2 is 1.71 bits per heavy atom.